The molecule has 2 heterocycles. The van der Waals surface area contributed by atoms with E-state index in [2.05, 4.69) is 10.5 Å². The predicted molar refractivity (Wildman–Crippen MR) is 96.7 cm³/mol. The molecule has 0 saturated carbocycles. The number of nitrogens with zero attached hydrogens (tertiary/aromatic N) is 2. The second-order valence-electron chi connectivity index (χ2n) is 6.88. The molecule has 29 heavy (non-hydrogen) atoms. The Morgan fingerprint density at radius 3 is 2.24 bits per heavy atom. The zero-order chi connectivity index (χ0) is 21.4. The smallest absolute Gasteiger partial charge is 0.360 e. The lowest BCUT2D eigenvalue weighted by Gasteiger charge is -2.31. The summed E-state index contributed by atoms with van der Waals surface area (Å²) in [4.78, 5) is 12.3. The van der Waals surface area contributed by atoms with E-state index in [1.165, 1.54) is 11.2 Å². The van der Waals surface area contributed by atoms with Crippen molar-refractivity contribution in [3.8, 4) is 0 Å². The van der Waals surface area contributed by atoms with Crippen molar-refractivity contribution in [3.63, 3.8) is 0 Å². The van der Waals surface area contributed by atoms with Crippen molar-refractivity contribution in [2.24, 2.45) is 0 Å². The summed E-state index contributed by atoms with van der Waals surface area (Å²) in [5.74, 6) is -0.272. The van der Waals surface area contributed by atoms with Gasteiger partial charge in [0.15, 0.2) is 5.76 Å². The van der Waals surface area contributed by atoms with Crippen LogP contribution in [0.5, 0.6) is 0 Å². The normalized spacial score (nSPS) is 16.7. The molecule has 1 aliphatic heterocycles. The summed E-state index contributed by atoms with van der Waals surface area (Å²) in [7, 11) is -3.75. The molecule has 0 bridgehead atoms. The Morgan fingerprint density at radius 2 is 1.76 bits per heavy atom. The number of carbonyl (C=O) groups is 1. The van der Waals surface area contributed by atoms with Gasteiger partial charge in [0.25, 0.3) is 5.91 Å². The summed E-state index contributed by atoms with van der Waals surface area (Å²) < 4.78 is 69.7. The van der Waals surface area contributed by atoms with Crippen LogP contribution in [0.1, 0.15) is 40.2 Å². The zero-order valence-electron chi connectivity index (χ0n) is 15.8. The molecule has 158 valence electrons. The summed E-state index contributed by atoms with van der Waals surface area (Å²) in [6.07, 6.45) is -3.70. The van der Waals surface area contributed by atoms with E-state index < -0.39 is 27.7 Å². The molecular formula is C18H20F3N3O4S. The number of alkyl halides is 3. The summed E-state index contributed by atoms with van der Waals surface area (Å²) in [6, 6.07) is 3.67. The van der Waals surface area contributed by atoms with Crippen molar-refractivity contribution in [3.05, 3.63) is 46.8 Å². The lowest BCUT2D eigenvalue weighted by atomic mass is 10.1. The van der Waals surface area contributed by atoms with E-state index in [-0.39, 0.29) is 35.4 Å². The first kappa shape index (κ1) is 21.3. The molecule has 11 heteroatoms. The average Bonchev–Trinajstić information content (AvgIpc) is 3.00. The third-order valence-electron chi connectivity index (χ3n) is 4.83. The lowest BCUT2D eigenvalue weighted by molar-refractivity contribution is -0.137. The van der Waals surface area contributed by atoms with Gasteiger partial charge < -0.3 is 9.84 Å². The van der Waals surface area contributed by atoms with E-state index in [4.69, 9.17) is 4.52 Å². The highest BCUT2D eigenvalue weighted by Gasteiger charge is 2.34. The van der Waals surface area contributed by atoms with Gasteiger partial charge in [-0.2, -0.15) is 17.5 Å². The van der Waals surface area contributed by atoms with Crippen molar-refractivity contribution in [1.29, 1.82) is 0 Å². The summed E-state index contributed by atoms with van der Waals surface area (Å²) in [5.41, 5.74) is -0.420. The number of hydrogen-bond acceptors (Lipinski definition) is 5. The maximum Gasteiger partial charge on any atom is 0.416 e. The van der Waals surface area contributed by atoms with Crippen LogP contribution in [-0.2, 0) is 16.2 Å². The van der Waals surface area contributed by atoms with E-state index >= 15 is 0 Å². The van der Waals surface area contributed by atoms with Crippen LogP contribution in [0.4, 0.5) is 13.2 Å². The summed E-state index contributed by atoms with van der Waals surface area (Å²) in [6.45, 7) is 3.49. The van der Waals surface area contributed by atoms with Crippen LogP contribution in [0.2, 0.25) is 0 Å². The van der Waals surface area contributed by atoms with Crippen molar-refractivity contribution < 1.29 is 30.9 Å². The lowest BCUT2D eigenvalue weighted by Crippen LogP contribution is -2.46. The Balaban J connectivity index is 1.60. The minimum atomic E-state index is -4.46. The number of aromatic nitrogens is 1. The molecule has 1 saturated heterocycles. The average molecular weight is 431 g/mol. The molecule has 0 spiro atoms. The molecule has 1 aromatic heterocycles. The zero-order valence-corrected chi connectivity index (χ0v) is 16.6. The van der Waals surface area contributed by atoms with Gasteiger partial charge in [-0.15, -0.1) is 0 Å². The van der Waals surface area contributed by atoms with Gasteiger partial charge in [0.05, 0.1) is 5.56 Å². The maximum absolute atomic E-state index is 12.8. The standard InChI is InChI=1S/C18H20F3N3O4S/c1-11-16(12(2)28-23-11)29(26,27)24-9-7-15(8-10-24)22-17(25)13-3-5-14(6-4-13)18(19,20)21/h3-6,15H,7-10H2,1-2H3,(H,22,25). The first-order chi connectivity index (χ1) is 13.5. The molecular weight excluding hydrogens is 411 g/mol. The molecule has 0 atom stereocenters. The maximum atomic E-state index is 12.8. The summed E-state index contributed by atoms with van der Waals surface area (Å²) in [5, 5.41) is 6.43. The van der Waals surface area contributed by atoms with Gasteiger partial charge in [-0.3, -0.25) is 4.79 Å². The fourth-order valence-corrected chi connectivity index (χ4v) is 5.05. The SMILES string of the molecule is Cc1noc(C)c1S(=O)(=O)N1CCC(NC(=O)c2ccc(C(F)(F)F)cc2)CC1. The minimum absolute atomic E-state index is 0.0599. The number of carbonyl (C=O) groups excluding carboxylic acids is 1. The number of piperidine rings is 1. The second-order valence-corrected chi connectivity index (χ2v) is 8.76. The van der Waals surface area contributed by atoms with Crippen LogP contribution in [0.25, 0.3) is 0 Å². The van der Waals surface area contributed by atoms with E-state index in [9.17, 15) is 26.4 Å². The molecule has 7 nitrogen and oxygen atoms in total. The van der Waals surface area contributed by atoms with Crippen molar-refractivity contribution >= 4 is 15.9 Å². The molecule has 0 unspecified atom stereocenters. The highest BCUT2D eigenvalue weighted by atomic mass is 32.2. The first-order valence-electron chi connectivity index (χ1n) is 8.91. The molecule has 1 amide bonds. The minimum Gasteiger partial charge on any atom is -0.360 e. The van der Waals surface area contributed by atoms with Gasteiger partial charge in [-0.1, -0.05) is 5.16 Å². The molecule has 0 aliphatic carbocycles. The molecule has 1 fully saturated rings. The van der Waals surface area contributed by atoms with Gasteiger partial charge >= 0.3 is 6.18 Å². The van der Waals surface area contributed by atoms with Gasteiger partial charge in [-0.05, 0) is 51.0 Å². The largest absolute Gasteiger partial charge is 0.416 e. The number of halogens is 3. The number of rotatable bonds is 4. The van der Waals surface area contributed by atoms with Crippen molar-refractivity contribution in [1.82, 2.24) is 14.8 Å². The topological polar surface area (TPSA) is 92.5 Å². The van der Waals surface area contributed by atoms with Crippen LogP contribution in [0.3, 0.4) is 0 Å². The van der Waals surface area contributed by atoms with Crippen LogP contribution in [-0.4, -0.2) is 42.9 Å². The highest BCUT2D eigenvalue weighted by molar-refractivity contribution is 7.89. The number of nitrogens with one attached hydrogen (secondary N) is 1. The van der Waals surface area contributed by atoms with Gasteiger partial charge in [-0.25, -0.2) is 8.42 Å². The number of amides is 1. The van der Waals surface area contributed by atoms with E-state index in [1.54, 1.807) is 6.92 Å². The molecule has 3 rings (SSSR count). The molecule has 1 aliphatic rings. The van der Waals surface area contributed by atoms with Gasteiger partial charge in [0, 0.05) is 24.7 Å². The fraction of sp³-hybridized carbons (Fsp3) is 0.444. The van der Waals surface area contributed by atoms with Crippen LogP contribution >= 0.6 is 0 Å². The number of aryl methyl sites for hydroxylation is 2. The van der Waals surface area contributed by atoms with Gasteiger partial charge in [0.2, 0.25) is 10.0 Å². The van der Waals surface area contributed by atoms with Crippen LogP contribution < -0.4 is 5.32 Å². The van der Waals surface area contributed by atoms with Gasteiger partial charge in [0.1, 0.15) is 10.6 Å². The molecule has 2 aromatic rings. The van der Waals surface area contributed by atoms with E-state index in [0.29, 0.717) is 18.5 Å². The third-order valence-corrected chi connectivity index (χ3v) is 6.97. The summed E-state index contributed by atoms with van der Waals surface area (Å²) >= 11 is 0. The van der Waals surface area contributed by atoms with E-state index in [0.717, 1.165) is 24.3 Å². The monoisotopic (exact) mass is 431 g/mol. The predicted octanol–water partition coefficient (Wildman–Crippen LogP) is 2.89. The van der Waals surface area contributed by atoms with Crippen LogP contribution in [0.15, 0.2) is 33.7 Å². The van der Waals surface area contributed by atoms with E-state index in [1.807, 2.05) is 0 Å². The quantitative estimate of drug-likeness (QED) is 0.804. The Kier molecular flexibility index (Phi) is 5.72. The molecule has 1 N–H and O–H groups in total. The Hall–Kier alpha value is -2.40. The van der Waals surface area contributed by atoms with Crippen LogP contribution in [0, 0.1) is 13.8 Å². The Labute approximate surface area is 165 Å². The third kappa shape index (κ3) is 4.45. The fourth-order valence-electron chi connectivity index (χ4n) is 3.29. The Bertz CT molecular complexity index is 973. The number of sulfonamides is 1. The van der Waals surface area contributed by atoms with Crippen molar-refractivity contribution in [2.75, 3.05) is 13.1 Å². The second kappa shape index (κ2) is 7.79. The Morgan fingerprint density at radius 1 is 1.17 bits per heavy atom. The number of hydrogen-bond donors (Lipinski definition) is 1. The molecule has 1 aromatic carbocycles. The molecule has 0 radical (unpaired) electrons. The van der Waals surface area contributed by atoms with Crippen molar-refractivity contribution in [2.45, 2.75) is 43.8 Å². The number of benzene rings is 1. The first-order valence-corrected chi connectivity index (χ1v) is 10.4. The highest BCUT2D eigenvalue weighted by Crippen LogP contribution is 2.29.